The van der Waals surface area contributed by atoms with Crippen molar-refractivity contribution in [3.05, 3.63) is 83.1 Å². The first-order valence-electron chi connectivity index (χ1n) is 9.69. The van der Waals surface area contributed by atoms with Crippen LogP contribution >= 0.6 is 11.3 Å². The molecule has 0 aliphatic heterocycles. The van der Waals surface area contributed by atoms with Crippen LogP contribution in [0.15, 0.2) is 66.9 Å². The minimum Gasteiger partial charge on any atom is -0.444 e. The van der Waals surface area contributed by atoms with Gasteiger partial charge in [0, 0.05) is 17.6 Å². The van der Waals surface area contributed by atoms with Crippen LogP contribution in [0.3, 0.4) is 0 Å². The molecule has 7 nitrogen and oxygen atoms in total. The standard InChI is InChI=1S/C23H21N5O2S/c1-15-21(31-16(2)25-15)20-11-12-24-22(28-20)26-18-9-6-10-19(13-18)27-23(29)30-14-17-7-4-3-5-8-17/h3-13H,14H2,1-2H3,(H,27,29)(H,24,26,28). The van der Waals surface area contributed by atoms with Crippen molar-refractivity contribution in [3.8, 4) is 10.6 Å². The predicted octanol–water partition coefficient (Wildman–Crippen LogP) is 5.71. The Morgan fingerprint density at radius 3 is 2.58 bits per heavy atom. The van der Waals surface area contributed by atoms with Gasteiger partial charge < -0.3 is 10.1 Å². The summed E-state index contributed by atoms with van der Waals surface area (Å²) >= 11 is 1.60. The summed E-state index contributed by atoms with van der Waals surface area (Å²) in [5, 5.41) is 6.92. The smallest absolute Gasteiger partial charge is 0.411 e. The summed E-state index contributed by atoms with van der Waals surface area (Å²) in [6, 6.07) is 18.7. The van der Waals surface area contributed by atoms with E-state index >= 15 is 0 Å². The quantitative estimate of drug-likeness (QED) is 0.406. The third-order valence-corrected chi connectivity index (χ3v) is 5.46. The molecule has 0 saturated heterocycles. The molecule has 0 aliphatic rings. The third-order valence-electron chi connectivity index (χ3n) is 4.37. The van der Waals surface area contributed by atoms with Crippen LogP contribution in [0, 0.1) is 13.8 Å². The summed E-state index contributed by atoms with van der Waals surface area (Å²) < 4.78 is 5.27. The topological polar surface area (TPSA) is 89.0 Å². The lowest BCUT2D eigenvalue weighted by Gasteiger charge is -2.10. The van der Waals surface area contributed by atoms with Gasteiger partial charge in [-0.15, -0.1) is 11.3 Å². The Bertz CT molecular complexity index is 1190. The fraction of sp³-hybridized carbons (Fsp3) is 0.130. The zero-order valence-electron chi connectivity index (χ0n) is 17.1. The van der Waals surface area contributed by atoms with Gasteiger partial charge in [-0.05, 0) is 43.7 Å². The largest absolute Gasteiger partial charge is 0.444 e. The van der Waals surface area contributed by atoms with E-state index in [-0.39, 0.29) is 6.61 Å². The molecule has 8 heteroatoms. The number of amides is 1. The molecule has 0 fully saturated rings. The molecule has 0 saturated carbocycles. The minimum atomic E-state index is -0.518. The molecule has 0 spiro atoms. The molecule has 31 heavy (non-hydrogen) atoms. The molecule has 1 amide bonds. The molecular weight excluding hydrogens is 410 g/mol. The number of aromatic nitrogens is 3. The highest BCUT2D eigenvalue weighted by molar-refractivity contribution is 7.15. The van der Waals surface area contributed by atoms with E-state index < -0.39 is 6.09 Å². The molecule has 0 atom stereocenters. The van der Waals surface area contributed by atoms with E-state index in [2.05, 4.69) is 25.6 Å². The van der Waals surface area contributed by atoms with E-state index in [1.807, 2.05) is 62.4 Å². The fourth-order valence-corrected chi connectivity index (χ4v) is 3.88. The molecule has 0 radical (unpaired) electrons. The number of hydrogen-bond acceptors (Lipinski definition) is 7. The number of rotatable bonds is 6. The third kappa shape index (κ3) is 5.43. The van der Waals surface area contributed by atoms with E-state index in [0.29, 0.717) is 11.6 Å². The monoisotopic (exact) mass is 431 g/mol. The molecule has 2 aromatic heterocycles. The number of nitrogens with one attached hydrogen (secondary N) is 2. The Balaban J connectivity index is 1.41. The minimum absolute atomic E-state index is 0.210. The number of benzene rings is 2. The molecule has 4 rings (SSSR count). The maximum atomic E-state index is 12.1. The summed E-state index contributed by atoms with van der Waals surface area (Å²) in [5.41, 5.74) is 4.05. The second-order valence-electron chi connectivity index (χ2n) is 6.81. The predicted molar refractivity (Wildman–Crippen MR) is 123 cm³/mol. The number of hydrogen-bond donors (Lipinski definition) is 2. The second kappa shape index (κ2) is 9.36. The van der Waals surface area contributed by atoms with Crippen molar-refractivity contribution < 1.29 is 9.53 Å². The molecule has 2 aromatic carbocycles. The molecule has 2 N–H and O–H groups in total. The first kappa shape index (κ1) is 20.5. The average Bonchev–Trinajstić information content (AvgIpc) is 3.11. The number of nitrogens with zero attached hydrogens (tertiary/aromatic N) is 3. The van der Waals surface area contributed by atoms with Gasteiger partial charge in [0.1, 0.15) is 6.61 Å². The number of carbonyl (C=O) groups is 1. The van der Waals surface area contributed by atoms with Gasteiger partial charge in [-0.1, -0.05) is 36.4 Å². The highest BCUT2D eigenvalue weighted by atomic mass is 32.1. The van der Waals surface area contributed by atoms with Crippen LogP contribution in [-0.2, 0) is 11.3 Å². The molecular formula is C23H21N5O2S. The van der Waals surface area contributed by atoms with Crippen LogP contribution in [0.4, 0.5) is 22.1 Å². The summed E-state index contributed by atoms with van der Waals surface area (Å²) in [6.07, 6.45) is 1.19. The van der Waals surface area contributed by atoms with Crippen molar-refractivity contribution in [2.24, 2.45) is 0 Å². The summed E-state index contributed by atoms with van der Waals surface area (Å²) in [6.45, 7) is 4.16. The summed E-state index contributed by atoms with van der Waals surface area (Å²) in [4.78, 5) is 26.5. The van der Waals surface area contributed by atoms with Crippen LogP contribution in [0.2, 0.25) is 0 Å². The van der Waals surface area contributed by atoms with Gasteiger partial charge in [-0.3, -0.25) is 5.32 Å². The van der Waals surface area contributed by atoms with Crippen molar-refractivity contribution in [1.29, 1.82) is 0 Å². The lowest BCUT2D eigenvalue weighted by molar-refractivity contribution is 0.155. The van der Waals surface area contributed by atoms with Gasteiger partial charge in [0.25, 0.3) is 0 Å². The lowest BCUT2D eigenvalue weighted by Crippen LogP contribution is -2.13. The van der Waals surface area contributed by atoms with E-state index in [1.54, 1.807) is 29.7 Å². The fourth-order valence-electron chi connectivity index (χ4n) is 3.00. The van der Waals surface area contributed by atoms with Crippen molar-refractivity contribution in [3.63, 3.8) is 0 Å². The van der Waals surface area contributed by atoms with Gasteiger partial charge in [0.2, 0.25) is 5.95 Å². The number of anilines is 3. The number of aryl methyl sites for hydroxylation is 2. The Kier molecular flexibility index (Phi) is 6.18. The van der Waals surface area contributed by atoms with Crippen LogP contribution in [0.5, 0.6) is 0 Å². The second-order valence-corrected chi connectivity index (χ2v) is 8.01. The van der Waals surface area contributed by atoms with Gasteiger partial charge in [-0.25, -0.2) is 19.7 Å². The van der Waals surface area contributed by atoms with Crippen LogP contribution in [0.1, 0.15) is 16.3 Å². The highest BCUT2D eigenvalue weighted by Gasteiger charge is 2.10. The normalized spacial score (nSPS) is 10.5. The summed E-state index contributed by atoms with van der Waals surface area (Å²) in [5.74, 6) is 0.465. The van der Waals surface area contributed by atoms with Gasteiger partial charge in [-0.2, -0.15) is 0 Å². The molecule has 156 valence electrons. The maximum absolute atomic E-state index is 12.1. The highest BCUT2D eigenvalue weighted by Crippen LogP contribution is 2.29. The SMILES string of the molecule is Cc1nc(C)c(-c2ccnc(Nc3cccc(NC(=O)OCc4ccccc4)c3)n2)s1. The molecule has 2 heterocycles. The van der Waals surface area contributed by atoms with E-state index in [9.17, 15) is 4.79 Å². The molecule has 0 unspecified atom stereocenters. The van der Waals surface area contributed by atoms with Gasteiger partial charge in [0.15, 0.2) is 0 Å². The van der Waals surface area contributed by atoms with Crippen LogP contribution < -0.4 is 10.6 Å². The zero-order chi connectivity index (χ0) is 21.6. The van der Waals surface area contributed by atoms with E-state index in [0.717, 1.165) is 32.5 Å². The molecule has 0 bridgehead atoms. The van der Waals surface area contributed by atoms with Gasteiger partial charge >= 0.3 is 6.09 Å². The Morgan fingerprint density at radius 2 is 1.81 bits per heavy atom. The van der Waals surface area contributed by atoms with Crippen LogP contribution in [0.25, 0.3) is 10.6 Å². The number of ether oxygens (including phenoxy) is 1. The molecule has 4 aromatic rings. The number of carbonyl (C=O) groups excluding carboxylic acids is 1. The lowest BCUT2D eigenvalue weighted by atomic mass is 10.2. The Morgan fingerprint density at radius 1 is 1.00 bits per heavy atom. The maximum Gasteiger partial charge on any atom is 0.411 e. The number of thiazole rings is 1. The van der Waals surface area contributed by atoms with Gasteiger partial charge in [0.05, 0.1) is 21.3 Å². The van der Waals surface area contributed by atoms with Crippen molar-refractivity contribution in [1.82, 2.24) is 15.0 Å². The average molecular weight is 432 g/mol. The zero-order valence-corrected chi connectivity index (χ0v) is 17.9. The molecule has 0 aliphatic carbocycles. The summed E-state index contributed by atoms with van der Waals surface area (Å²) in [7, 11) is 0. The van der Waals surface area contributed by atoms with Crippen molar-refractivity contribution in [2.45, 2.75) is 20.5 Å². The van der Waals surface area contributed by atoms with Crippen molar-refractivity contribution in [2.75, 3.05) is 10.6 Å². The first-order chi connectivity index (χ1) is 15.1. The Hall–Kier alpha value is -3.78. The first-order valence-corrected chi connectivity index (χ1v) is 10.5. The van der Waals surface area contributed by atoms with E-state index in [1.165, 1.54) is 0 Å². The van der Waals surface area contributed by atoms with Crippen molar-refractivity contribution >= 4 is 34.8 Å². The Labute approximate surface area is 184 Å². The van der Waals surface area contributed by atoms with E-state index in [4.69, 9.17) is 4.74 Å². The van der Waals surface area contributed by atoms with Crippen LogP contribution in [-0.4, -0.2) is 21.0 Å².